The minimum absolute atomic E-state index is 0.149. The molecule has 1 amide bonds. The van der Waals surface area contributed by atoms with Crippen LogP contribution in [0.1, 0.15) is 37.7 Å². The van der Waals surface area contributed by atoms with Gasteiger partial charge in [-0.15, -0.1) is 0 Å². The number of nitrogens with zero attached hydrogens (tertiary/aromatic N) is 2. The van der Waals surface area contributed by atoms with Crippen molar-refractivity contribution in [3.05, 3.63) is 23.8 Å². The van der Waals surface area contributed by atoms with Gasteiger partial charge in [0.15, 0.2) is 0 Å². The summed E-state index contributed by atoms with van der Waals surface area (Å²) in [5.41, 5.74) is 6.90. The molecule has 1 aliphatic heterocycles. The van der Waals surface area contributed by atoms with E-state index in [0.29, 0.717) is 0 Å². The molecule has 2 aliphatic rings. The molecular formula is C20H31N3O3. The molecule has 2 N–H and O–H groups in total. The van der Waals surface area contributed by atoms with E-state index in [4.69, 9.17) is 15.2 Å². The molecule has 0 radical (unpaired) electrons. The number of methoxy groups -OCH3 is 2. The summed E-state index contributed by atoms with van der Waals surface area (Å²) >= 11 is 0. The third kappa shape index (κ3) is 4.13. The summed E-state index contributed by atoms with van der Waals surface area (Å²) in [4.78, 5) is 17.2. The zero-order valence-electron chi connectivity index (χ0n) is 16.0. The summed E-state index contributed by atoms with van der Waals surface area (Å²) in [6.07, 6.45) is 4.98. The number of ether oxygens (including phenoxy) is 2. The molecule has 6 heteroatoms. The van der Waals surface area contributed by atoms with Crippen molar-refractivity contribution in [2.75, 3.05) is 40.4 Å². The normalized spacial score (nSPS) is 20.7. The third-order valence-corrected chi connectivity index (χ3v) is 5.71. The van der Waals surface area contributed by atoms with Crippen molar-refractivity contribution in [2.24, 2.45) is 5.73 Å². The summed E-state index contributed by atoms with van der Waals surface area (Å²) in [6.45, 7) is 3.97. The maximum atomic E-state index is 12.9. The number of rotatable bonds is 5. The minimum Gasteiger partial charge on any atom is -0.497 e. The first-order valence-corrected chi connectivity index (χ1v) is 9.57. The first kappa shape index (κ1) is 19.0. The molecule has 6 nitrogen and oxygen atoms in total. The van der Waals surface area contributed by atoms with Gasteiger partial charge in [-0.05, 0) is 31.0 Å². The molecule has 1 aromatic rings. The van der Waals surface area contributed by atoms with Gasteiger partial charge in [0.05, 0.1) is 19.8 Å². The summed E-state index contributed by atoms with van der Waals surface area (Å²) in [6, 6.07) is 5.87. The predicted octanol–water partition coefficient (Wildman–Crippen LogP) is 2.01. The number of nitrogens with two attached hydrogens (primary N) is 1. The highest BCUT2D eigenvalue weighted by Crippen LogP contribution is 2.29. The summed E-state index contributed by atoms with van der Waals surface area (Å²) in [5, 5.41) is 0. The van der Waals surface area contributed by atoms with E-state index in [9.17, 15) is 4.79 Å². The summed E-state index contributed by atoms with van der Waals surface area (Å²) in [5.74, 6) is 1.85. The molecule has 0 atom stereocenters. The molecule has 0 spiro atoms. The molecule has 144 valence electrons. The van der Waals surface area contributed by atoms with Crippen molar-refractivity contribution in [1.29, 1.82) is 0 Å². The smallest absolute Gasteiger partial charge is 0.242 e. The van der Waals surface area contributed by atoms with Crippen LogP contribution in [0.3, 0.4) is 0 Å². The average molecular weight is 361 g/mol. The summed E-state index contributed by atoms with van der Waals surface area (Å²) in [7, 11) is 3.36. The second kappa shape index (κ2) is 8.27. The Labute approximate surface area is 156 Å². The molecule has 1 saturated carbocycles. The number of amides is 1. The van der Waals surface area contributed by atoms with Gasteiger partial charge < -0.3 is 20.1 Å². The van der Waals surface area contributed by atoms with Crippen LogP contribution in [0.25, 0.3) is 0 Å². The Hall–Kier alpha value is -1.79. The Kier molecular flexibility index (Phi) is 6.04. The zero-order chi connectivity index (χ0) is 18.6. The largest absolute Gasteiger partial charge is 0.497 e. The quantitative estimate of drug-likeness (QED) is 0.869. The van der Waals surface area contributed by atoms with Crippen LogP contribution in [0, 0.1) is 0 Å². The molecule has 3 rings (SSSR count). The highest BCUT2D eigenvalue weighted by Gasteiger charge is 2.39. The molecule has 26 heavy (non-hydrogen) atoms. The number of carbonyl (C=O) groups is 1. The van der Waals surface area contributed by atoms with Crippen molar-refractivity contribution >= 4 is 5.91 Å². The molecule has 0 aromatic heterocycles. The van der Waals surface area contributed by atoms with E-state index < -0.39 is 5.54 Å². The lowest BCUT2D eigenvalue weighted by molar-refractivity contribution is -0.140. The molecule has 2 fully saturated rings. The van der Waals surface area contributed by atoms with E-state index in [2.05, 4.69) is 4.90 Å². The second-order valence-electron chi connectivity index (χ2n) is 7.46. The lowest BCUT2D eigenvalue weighted by Gasteiger charge is -2.41. The van der Waals surface area contributed by atoms with Crippen LogP contribution in [0.4, 0.5) is 0 Å². The van der Waals surface area contributed by atoms with Crippen molar-refractivity contribution in [1.82, 2.24) is 9.80 Å². The van der Waals surface area contributed by atoms with Gasteiger partial charge >= 0.3 is 0 Å². The maximum absolute atomic E-state index is 12.9. The van der Waals surface area contributed by atoms with E-state index >= 15 is 0 Å². The number of piperazine rings is 1. The number of hydrogen-bond donors (Lipinski definition) is 1. The fourth-order valence-electron chi connectivity index (χ4n) is 4.07. The van der Waals surface area contributed by atoms with Gasteiger partial charge in [-0.1, -0.05) is 19.3 Å². The van der Waals surface area contributed by atoms with Crippen molar-refractivity contribution in [3.63, 3.8) is 0 Å². The van der Waals surface area contributed by atoms with Crippen molar-refractivity contribution < 1.29 is 14.3 Å². The van der Waals surface area contributed by atoms with Crippen LogP contribution >= 0.6 is 0 Å². The lowest BCUT2D eigenvalue weighted by atomic mass is 9.81. The van der Waals surface area contributed by atoms with Gasteiger partial charge in [-0.25, -0.2) is 0 Å². The molecule has 0 unspecified atom stereocenters. The lowest BCUT2D eigenvalue weighted by Crippen LogP contribution is -2.60. The van der Waals surface area contributed by atoms with Gasteiger partial charge in [-0.3, -0.25) is 9.69 Å². The van der Waals surface area contributed by atoms with E-state index in [1.54, 1.807) is 14.2 Å². The Morgan fingerprint density at radius 3 is 2.38 bits per heavy atom. The van der Waals surface area contributed by atoms with Gasteiger partial charge in [0.2, 0.25) is 5.91 Å². The first-order valence-electron chi connectivity index (χ1n) is 9.57. The molecule has 1 saturated heterocycles. The maximum Gasteiger partial charge on any atom is 0.242 e. The van der Waals surface area contributed by atoms with Crippen LogP contribution in [0.5, 0.6) is 11.5 Å². The van der Waals surface area contributed by atoms with Crippen LogP contribution in [-0.2, 0) is 11.3 Å². The van der Waals surface area contributed by atoms with Gasteiger partial charge in [0.1, 0.15) is 11.5 Å². The van der Waals surface area contributed by atoms with E-state index in [1.807, 2.05) is 23.1 Å². The summed E-state index contributed by atoms with van der Waals surface area (Å²) < 4.78 is 10.8. The third-order valence-electron chi connectivity index (χ3n) is 5.71. The van der Waals surface area contributed by atoms with Gasteiger partial charge in [0.25, 0.3) is 0 Å². The van der Waals surface area contributed by atoms with Crippen molar-refractivity contribution in [2.45, 2.75) is 44.2 Å². The van der Waals surface area contributed by atoms with Crippen LogP contribution in [0.2, 0.25) is 0 Å². The number of benzene rings is 1. The van der Waals surface area contributed by atoms with Crippen LogP contribution in [0.15, 0.2) is 18.2 Å². The van der Waals surface area contributed by atoms with E-state index in [1.165, 1.54) is 6.42 Å². The fraction of sp³-hybridized carbons (Fsp3) is 0.650. The zero-order valence-corrected chi connectivity index (χ0v) is 16.0. The van der Waals surface area contributed by atoms with E-state index in [0.717, 1.165) is 75.5 Å². The minimum atomic E-state index is -0.629. The highest BCUT2D eigenvalue weighted by molar-refractivity contribution is 5.86. The highest BCUT2D eigenvalue weighted by atomic mass is 16.5. The SMILES string of the molecule is COc1ccc(OC)c(CN2CCN(C(=O)C3(N)CCCCC3)CC2)c1. The Morgan fingerprint density at radius 1 is 1.08 bits per heavy atom. The predicted molar refractivity (Wildman–Crippen MR) is 101 cm³/mol. The average Bonchev–Trinajstić information content (AvgIpc) is 2.68. The molecule has 1 aromatic carbocycles. The Balaban J connectivity index is 1.58. The van der Waals surface area contributed by atoms with Gasteiger partial charge in [-0.2, -0.15) is 0 Å². The molecule has 1 heterocycles. The monoisotopic (exact) mass is 361 g/mol. The number of hydrogen-bond acceptors (Lipinski definition) is 5. The topological polar surface area (TPSA) is 68.0 Å². The molecular weight excluding hydrogens is 330 g/mol. The molecule has 1 aliphatic carbocycles. The van der Waals surface area contributed by atoms with Gasteiger partial charge in [0, 0.05) is 38.3 Å². The second-order valence-corrected chi connectivity index (χ2v) is 7.46. The van der Waals surface area contributed by atoms with E-state index in [-0.39, 0.29) is 5.91 Å². The van der Waals surface area contributed by atoms with Crippen molar-refractivity contribution in [3.8, 4) is 11.5 Å². The number of carbonyl (C=O) groups excluding carboxylic acids is 1. The van der Waals surface area contributed by atoms with Crippen LogP contribution < -0.4 is 15.2 Å². The van der Waals surface area contributed by atoms with Crippen LogP contribution in [-0.4, -0.2) is 61.6 Å². The standard InChI is InChI=1S/C20H31N3O3/c1-25-17-6-7-18(26-2)16(14-17)15-22-10-12-23(13-11-22)19(24)20(21)8-4-3-5-9-20/h6-7,14H,3-5,8-13,15,21H2,1-2H3. The Morgan fingerprint density at radius 2 is 1.77 bits per heavy atom. The fourth-order valence-corrected chi connectivity index (χ4v) is 4.07. The first-order chi connectivity index (χ1) is 12.6. The Bertz CT molecular complexity index is 621. The molecule has 0 bridgehead atoms.